The Morgan fingerprint density at radius 3 is 2.86 bits per heavy atom. The van der Waals surface area contributed by atoms with Gasteiger partial charge in [-0.2, -0.15) is 0 Å². The zero-order chi connectivity index (χ0) is 24.6. The van der Waals surface area contributed by atoms with Crippen molar-refractivity contribution in [3.8, 4) is 0 Å². The molecule has 0 saturated heterocycles. The molecule has 0 aliphatic heterocycles. The molecule has 0 unspecified atom stereocenters. The maximum absolute atomic E-state index is 10.2. The molecule has 3 aliphatic rings. The summed E-state index contributed by atoms with van der Waals surface area (Å²) in [6.45, 7) is 7.01. The molecule has 3 rings (SSSR count). The van der Waals surface area contributed by atoms with Crippen molar-refractivity contribution in [1.29, 1.82) is 0 Å². The lowest BCUT2D eigenvalue weighted by Crippen LogP contribution is -2.35. The van der Waals surface area contributed by atoms with Crippen LogP contribution in [0.5, 0.6) is 0 Å². The fraction of sp³-hybridized carbons (Fsp3) is 0.778. The Morgan fingerprint density at radius 2 is 2.11 bits per heavy atom. The molecule has 28 heavy (non-hydrogen) atoms. The molecule has 1 heteroatoms. The van der Waals surface area contributed by atoms with Gasteiger partial charge in [0.25, 0.3) is 0 Å². The number of hydrogen-bond acceptors (Lipinski definition) is 1. The topological polar surface area (TPSA) is 20.2 Å². The van der Waals surface area contributed by atoms with Crippen molar-refractivity contribution in [3.63, 3.8) is 0 Å². The van der Waals surface area contributed by atoms with Gasteiger partial charge in [-0.3, -0.25) is 0 Å². The number of fused-ring (bicyclic) bond motifs is 1. The van der Waals surface area contributed by atoms with Crippen LogP contribution < -0.4 is 0 Å². The van der Waals surface area contributed by atoms with Crippen LogP contribution in [0.25, 0.3) is 0 Å². The van der Waals surface area contributed by atoms with Gasteiger partial charge >= 0.3 is 0 Å². The minimum absolute atomic E-state index is 0.165. The summed E-state index contributed by atoms with van der Waals surface area (Å²) < 4.78 is 42.0. The summed E-state index contributed by atoms with van der Waals surface area (Å²) in [6, 6.07) is 0.527. The predicted octanol–water partition coefficient (Wildman–Crippen LogP) is 7.62. The first-order valence-electron chi connectivity index (χ1n) is 14.1. The molecule has 5 atom stereocenters. The average molecular weight is 390 g/mol. The van der Waals surface area contributed by atoms with Crippen LogP contribution in [0.15, 0.2) is 34.9 Å². The van der Waals surface area contributed by atoms with E-state index in [0.29, 0.717) is 54.7 Å². The Kier molecular flexibility index (Phi) is 5.31. The van der Waals surface area contributed by atoms with Gasteiger partial charge in [0, 0.05) is 5.48 Å². The molecule has 1 fully saturated rings. The average Bonchev–Trinajstić information content (AvgIpc) is 2.98. The number of aliphatic hydroxyl groups excluding tert-OH is 1. The highest BCUT2D eigenvalue weighted by Crippen LogP contribution is 2.58. The summed E-state index contributed by atoms with van der Waals surface area (Å²) in [5.41, 5.74) is 1.70. The van der Waals surface area contributed by atoms with E-state index in [1.54, 1.807) is 0 Å². The minimum Gasteiger partial charge on any atom is -0.393 e. The quantitative estimate of drug-likeness (QED) is 0.475. The van der Waals surface area contributed by atoms with E-state index < -0.39 is 18.8 Å². The Bertz CT molecular complexity index is 808. The second kappa shape index (κ2) is 9.33. The Balaban J connectivity index is 1.87. The van der Waals surface area contributed by atoms with E-state index in [1.165, 1.54) is 19.3 Å². The Morgan fingerprint density at radius 1 is 1.29 bits per heavy atom. The van der Waals surface area contributed by atoms with E-state index in [-0.39, 0.29) is 5.41 Å². The SMILES string of the molecule is [2H]C1=C(/C=C\C2=C(C([2H])([2H])[2H])CC[C@H](O)C2)[C@]2([2H])CC[C@H]([C@H](C)CCCC(C)C)[C@@]2(C)CC1. The molecule has 0 bridgehead atoms. The second-order valence-electron chi connectivity index (χ2n) is 10.2. The molecule has 1 nitrogen and oxygen atoms in total. The van der Waals surface area contributed by atoms with Crippen LogP contribution in [-0.4, -0.2) is 11.2 Å². The van der Waals surface area contributed by atoms with Crippen LogP contribution in [-0.2, 0) is 0 Å². The van der Waals surface area contributed by atoms with Crippen molar-refractivity contribution in [2.24, 2.45) is 29.1 Å². The molecule has 0 aromatic carbocycles. The van der Waals surface area contributed by atoms with Gasteiger partial charge in [-0.1, -0.05) is 70.7 Å². The van der Waals surface area contributed by atoms with Gasteiger partial charge in [-0.05, 0) is 92.0 Å². The number of rotatable bonds is 7. The lowest BCUT2D eigenvalue weighted by Gasteiger charge is -2.43. The summed E-state index contributed by atoms with van der Waals surface area (Å²) in [4.78, 5) is 0. The van der Waals surface area contributed by atoms with Gasteiger partial charge < -0.3 is 5.11 Å². The smallest absolute Gasteiger partial charge is 0.0583 e. The van der Waals surface area contributed by atoms with Crippen LogP contribution in [0.3, 0.4) is 0 Å². The van der Waals surface area contributed by atoms with E-state index in [1.807, 2.05) is 12.2 Å². The van der Waals surface area contributed by atoms with Gasteiger partial charge in [0.15, 0.2) is 0 Å². The second-order valence-corrected chi connectivity index (χ2v) is 10.2. The first-order chi connectivity index (χ1) is 15.3. The Hall–Kier alpha value is -0.820. The van der Waals surface area contributed by atoms with E-state index in [9.17, 15) is 6.48 Å². The maximum Gasteiger partial charge on any atom is 0.0583 e. The summed E-state index contributed by atoms with van der Waals surface area (Å²) in [5, 5.41) is 10.2. The largest absolute Gasteiger partial charge is 0.393 e. The van der Waals surface area contributed by atoms with E-state index in [2.05, 4.69) is 27.7 Å². The highest BCUT2D eigenvalue weighted by atomic mass is 16.3. The van der Waals surface area contributed by atoms with Crippen molar-refractivity contribution < 1.29 is 12.0 Å². The predicted molar refractivity (Wildman–Crippen MR) is 121 cm³/mol. The lowest BCUT2D eigenvalue weighted by atomic mass is 9.62. The molecule has 1 N–H and O–H groups in total. The lowest BCUT2D eigenvalue weighted by molar-refractivity contribution is 0.107. The molecule has 0 aromatic rings. The first kappa shape index (κ1) is 15.9. The van der Waals surface area contributed by atoms with Crippen LogP contribution in [0.1, 0.15) is 106 Å². The van der Waals surface area contributed by atoms with Gasteiger partial charge in [0.1, 0.15) is 0 Å². The van der Waals surface area contributed by atoms with Gasteiger partial charge in [-0.25, -0.2) is 0 Å². The van der Waals surface area contributed by atoms with Crippen molar-refractivity contribution in [2.75, 3.05) is 0 Å². The van der Waals surface area contributed by atoms with Gasteiger partial charge in [0.2, 0.25) is 0 Å². The third-order valence-electron chi connectivity index (χ3n) is 7.65. The fourth-order valence-electron chi connectivity index (χ4n) is 5.89. The van der Waals surface area contributed by atoms with Crippen molar-refractivity contribution in [1.82, 2.24) is 0 Å². The summed E-state index contributed by atoms with van der Waals surface area (Å²) >= 11 is 0. The molecule has 3 aliphatic carbocycles. The molecule has 0 heterocycles. The van der Waals surface area contributed by atoms with Crippen LogP contribution in [0, 0.1) is 29.1 Å². The minimum atomic E-state index is -2.17. The third-order valence-corrected chi connectivity index (χ3v) is 7.65. The number of hydrogen-bond donors (Lipinski definition) is 1. The number of aliphatic hydroxyl groups is 1. The summed E-state index contributed by atoms with van der Waals surface area (Å²) in [6.07, 6.45) is 11.4. The highest BCUT2D eigenvalue weighted by Gasteiger charge is 2.49. The standard InChI is InChI=1S/C27H44O/c1-19(2)8-6-9-21(4)25-15-16-26-22(10-7-17-27(25,26)5)12-13-23-18-24(28)14-11-20(23)3/h10,12-13,19,21,24-26,28H,6-9,11,14-18H2,1-5H3/b13-12-/t21-,24+,25-,26+,27-/m1/s1/i3D3,10D,26D. The Labute approximate surface area is 181 Å². The maximum atomic E-state index is 10.2. The van der Waals surface area contributed by atoms with Crippen molar-refractivity contribution >= 4 is 0 Å². The number of allylic oxidation sites excluding steroid dienone is 5. The zero-order valence-corrected chi connectivity index (χ0v) is 18.5. The fourth-order valence-corrected chi connectivity index (χ4v) is 5.89. The first-order valence-corrected chi connectivity index (χ1v) is 11.6. The van der Waals surface area contributed by atoms with Crippen LogP contribution in [0.4, 0.5) is 0 Å². The van der Waals surface area contributed by atoms with E-state index in [0.717, 1.165) is 30.8 Å². The summed E-state index contributed by atoms with van der Waals surface area (Å²) in [5.74, 6) is 0.965. The molecular weight excluding hydrogens is 340 g/mol. The highest BCUT2D eigenvalue weighted by molar-refractivity contribution is 5.36. The normalized spacial score (nSPS) is 40.9. The van der Waals surface area contributed by atoms with E-state index in [4.69, 9.17) is 5.48 Å². The van der Waals surface area contributed by atoms with Crippen LogP contribution >= 0.6 is 0 Å². The molecule has 0 amide bonds. The third kappa shape index (κ3) is 4.84. The van der Waals surface area contributed by atoms with Gasteiger partial charge in [0.05, 0.1) is 7.47 Å². The monoisotopic (exact) mass is 389 g/mol. The molecule has 0 aromatic heterocycles. The van der Waals surface area contributed by atoms with Crippen molar-refractivity contribution in [3.05, 3.63) is 34.9 Å². The van der Waals surface area contributed by atoms with E-state index >= 15 is 0 Å². The molecule has 0 radical (unpaired) electrons. The van der Waals surface area contributed by atoms with Crippen molar-refractivity contribution in [2.45, 2.75) is 105 Å². The molecule has 1 saturated carbocycles. The molecular formula is C27H44O. The zero-order valence-electron chi connectivity index (χ0n) is 23.5. The van der Waals surface area contributed by atoms with Crippen LogP contribution in [0.2, 0.25) is 0 Å². The van der Waals surface area contributed by atoms with Gasteiger partial charge in [-0.15, -0.1) is 0 Å². The molecule has 0 spiro atoms. The summed E-state index contributed by atoms with van der Waals surface area (Å²) in [7, 11) is 0. The molecule has 158 valence electrons.